The first-order valence-electron chi connectivity index (χ1n) is 10.3. The Balaban J connectivity index is 0.00000320. The van der Waals surface area contributed by atoms with E-state index in [1.54, 1.807) is 0 Å². The number of nitrogens with zero attached hydrogens (tertiary/aromatic N) is 3. The number of anilines is 1. The highest BCUT2D eigenvalue weighted by atomic mass is 127. The standard InChI is InChI=1S/C23H33N5O.HI/c1-18(2)22(28-14-12-27(3)13-15-28)17-25-23(24)26-19-8-7-11-21(16-19)29-20-9-5-4-6-10-20;/h4-11,16,18,22H,12-15,17H2,1-3H3,(H3,24,25,26);1H. The second kappa shape index (κ2) is 12.1. The zero-order valence-electron chi connectivity index (χ0n) is 18.1. The second-order valence-electron chi connectivity index (χ2n) is 7.94. The molecule has 0 aromatic heterocycles. The van der Waals surface area contributed by atoms with E-state index in [-0.39, 0.29) is 24.0 Å². The predicted octanol–water partition coefficient (Wildman–Crippen LogP) is 4.10. The van der Waals surface area contributed by atoms with Crippen LogP contribution >= 0.6 is 24.0 Å². The zero-order chi connectivity index (χ0) is 20.6. The van der Waals surface area contributed by atoms with Crippen LogP contribution in [0.25, 0.3) is 0 Å². The predicted molar refractivity (Wildman–Crippen MR) is 136 cm³/mol. The summed E-state index contributed by atoms with van der Waals surface area (Å²) in [5, 5.41) is 3.19. The first kappa shape index (κ1) is 24.4. The molecule has 6 nitrogen and oxygen atoms in total. The van der Waals surface area contributed by atoms with Crippen molar-refractivity contribution in [3.63, 3.8) is 0 Å². The molecule has 1 fully saturated rings. The van der Waals surface area contributed by atoms with Gasteiger partial charge >= 0.3 is 0 Å². The first-order valence-corrected chi connectivity index (χ1v) is 10.3. The van der Waals surface area contributed by atoms with E-state index < -0.39 is 0 Å². The van der Waals surface area contributed by atoms with Gasteiger partial charge in [0.25, 0.3) is 0 Å². The van der Waals surface area contributed by atoms with Crippen LogP contribution in [-0.4, -0.2) is 61.6 Å². The second-order valence-corrected chi connectivity index (χ2v) is 7.94. The average Bonchev–Trinajstić information content (AvgIpc) is 2.70. The number of nitrogens with two attached hydrogens (primary N) is 1. The van der Waals surface area contributed by atoms with Gasteiger partial charge in [0.05, 0.1) is 6.54 Å². The highest BCUT2D eigenvalue weighted by Crippen LogP contribution is 2.23. The van der Waals surface area contributed by atoms with Crippen molar-refractivity contribution in [1.82, 2.24) is 9.80 Å². The molecule has 3 rings (SSSR count). The highest BCUT2D eigenvalue weighted by molar-refractivity contribution is 14.0. The van der Waals surface area contributed by atoms with Crippen molar-refractivity contribution in [3.8, 4) is 11.5 Å². The minimum Gasteiger partial charge on any atom is -0.457 e. The number of benzene rings is 2. The summed E-state index contributed by atoms with van der Waals surface area (Å²) in [5.41, 5.74) is 7.04. The van der Waals surface area contributed by atoms with Crippen LogP contribution < -0.4 is 15.8 Å². The van der Waals surface area contributed by atoms with Gasteiger partial charge in [-0.25, -0.2) is 0 Å². The van der Waals surface area contributed by atoms with Crippen LogP contribution in [0.15, 0.2) is 59.6 Å². The van der Waals surface area contributed by atoms with Crippen molar-refractivity contribution in [2.45, 2.75) is 19.9 Å². The van der Waals surface area contributed by atoms with Gasteiger partial charge in [0.1, 0.15) is 11.5 Å². The van der Waals surface area contributed by atoms with E-state index >= 15 is 0 Å². The Bertz CT molecular complexity index is 791. The molecule has 0 bridgehead atoms. The molecule has 0 aliphatic carbocycles. The molecule has 0 spiro atoms. The lowest BCUT2D eigenvalue weighted by molar-refractivity contribution is 0.0926. The zero-order valence-corrected chi connectivity index (χ0v) is 20.5. The van der Waals surface area contributed by atoms with Gasteiger partial charge in [-0.3, -0.25) is 9.89 Å². The van der Waals surface area contributed by atoms with Crippen molar-refractivity contribution < 1.29 is 4.74 Å². The molecule has 1 unspecified atom stereocenters. The number of rotatable bonds is 7. The van der Waals surface area contributed by atoms with Gasteiger partial charge in [0.15, 0.2) is 5.96 Å². The van der Waals surface area contributed by atoms with Crippen molar-refractivity contribution in [1.29, 1.82) is 0 Å². The van der Waals surface area contributed by atoms with Gasteiger partial charge in [-0.05, 0) is 37.2 Å². The normalized spacial score (nSPS) is 16.7. The average molecular weight is 523 g/mol. The number of piperazine rings is 1. The minimum atomic E-state index is 0. The number of likely N-dealkylation sites (N-methyl/N-ethyl adjacent to an activating group) is 1. The molecule has 1 aliphatic rings. The third-order valence-electron chi connectivity index (χ3n) is 5.31. The fourth-order valence-electron chi connectivity index (χ4n) is 3.54. The van der Waals surface area contributed by atoms with E-state index in [1.807, 2.05) is 54.6 Å². The molecule has 7 heteroatoms. The SMILES string of the molecule is CC(C)C(CN=C(N)Nc1cccc(Oc2ccccc2)c1)N1CCN(C)CC1.I. The van der Waals surface area contributed by atoms with Gasteiger partial charge in [-0.1, -0.05) is 38.1 Å². The minimum absolute atomic E-state index is 0. The number of hydrogen-bond donors (Lipinski definition) is 2. The number of para-hydroxylation sites is 1. The van der Waals surface area contributed by atoms with Gasteiger partial charge in [0, 0.05) is 44.0 Å². The maximum absolute atomic E-state index is 6.18. The number of aliphatic imine (C=N–C) groups is 1. The fourth-order valence-corrected chi connectivity index (χ4v) is 3.54. The molecule has 0 radical (unpaired) electrons. The molecular formula is C23H34IN5O. The Labute approximate surface area is 197 Å². The summed E-state index contributed by atoms with van der Waals surface area (Å²) < 4.78 is 5.89. The van der Waals surface area contributed by atoms with Gasteiger partial charge < -0.3 is 20.7 Å². The fraction of sp³-hybridized carbons (Fsp3) is 0.435. The quantitative estimate of drug-likeness (QED) is 0.325. The molecule has 164 valence electrons. The lowest BCUT2D eigenvalue weighted by Crippen LogP contribution is -2.51. The third-order valence-corrected chi connectivity index (χ3v) is 5.31. The molecule has 1 aliphatic heterocycles. The van der Waals surface area contributed by atoms with E-state index in [1.165, 1.54) is 0 Å². The summed E-state index contributed by atoms with van der Waals surface area (Å²) in [6, 6.07) is 17.9. The molecule has 2 aromatic rings. The van der Waals surface area contributed by atoms with Crippen molar-refractivity contribution >= 4 is 35.6 Å². The topological polar surface area (TPSA) is 66.1 Å². The lowest BCUT2D eigenvalue weighted by atomic mass is 10.0. The van der Waals surface area contributed by atoms with Crippen LogP contribution in [0.5, 0.6) is 11.5 Å². The molecule has 0 amide bonds. The molecule has 3 N–H and O–H groups in total. The van der Waals surface area contributed by atoms with E-state index in [2.05, 4.69) is 41.0 Å². The van der Waals surface area contributed by atoms with Gasteiger partial charge in [-0.15, -0.1) is 24.0 Å². The van der Waals surface area contributed by atoms with Crippen molar-refractivity contribution in [3.05, 3.63) is 54.6 Å². The Hall–Kier alpha value is -1.84. The molecule has 2 aromatic carbocycles. The molecule has 1 saturated heterocycles. The molecule has 1 atom stereocenters. The molecule has 1 heterocycles. The number of nitrogens with one attached hydrogen (secondary N) is 1. The Morgan fingerprint density at radius 2 is 1.70 bits per heavy atom. The first-order chi connectivity index (χ1) is 14.0. The van der Waals surface area contributed by atoms with Crippen LogP contribution in [0, 0.1) is 5.92 Å². The van der Waals surface area contributed by atoms with Crippen molar-refractivity contribution in [2.24, 2.45) is 16.6 Å². The summed E-state index contributed by atoms with van der Waals surface area (Å²) in [4.78, 5) is 9.55. The van der Waals surface area contributed by atoms with Crippen LogP contribution in [0.1, 0.15) is 13.8 Å². The van der Waals surface area contributed by atoms with Gasteiger partial charge in [0.2, 0.25) is 0 Å². The third kappa shape index (κ3) is 7.45. The summed E-state index contributed by atoms with van der Waals surface area (Å²) in [7, 11) is 2.18. The Kier molecular flexibility index (Phi) is 9.87. The number of halogens is 1. The molecular weight excluding hydrogens is 489 g/mol. The van der Waals surface area contributed by atoms with E-state index in [0.717, 1.165) is 43.4 Å². The Morgan fingerprint density at radius 1 is 1.03 bits per heavy atom. The summed E-state index contributed by atoms with van der Waals surface area (Å²) in [6.45, 7) is 9.59. The number of hydrogen-bond acceptors (Lipinski definition) is 4. The summed E-state index contributed by atoms with van der Waals surface area (Å²) in [5.74, 6) is 2.52. The maximum Gasteiger partial charge on any atom is 0.193 e. The maximum atomic E-state index is 6.18. The lowest BCUT2D eigenvalue weighted by Gasteiger charge is -2.39. The molecule has 0 saturated carbocycles. The van der Waals surface area contributed by atoms with E-state index in [0.29, 0.717) is 24.5 Å². The van der Waals surface area contributed by atoms with E-state index in [9.17, 15) is 0 Å². The van der Waals surface area contributed by atoms with Crippen molar-refractivity contribution in [2.75, 3.05) is 45.1 Å². The number of guanidine groups is 1. The number of ether oxygens (including phenoxy) is 1. The highest BCUT2D eigenvalue weighted by Gasteiger charge is 2.24. The van der Waals surface area contributed by atoms with Crippen LogP contribution in [0.4, 0.5) is 5.69 Å². The van der Waals surface area contributed by atoms with Crippen LogP contribution in [0.2, 0.25) is 0 Å². The Morgan fingerprint density at radius 3 is 2.37 bits per heavy atom. The van der Waals surface area contributed by atoms with Gasteiger partial charge in [-0.2, -0.15) is 0 Å². The van der Waals surface area contributed by atoms with Crippen LogP contribution in [0.3, 0.4) is 0 Å². The van der Waals surface area contributed by atoms with E-state index in [4.69, 9.17) is 10.5 Å². The smallest absolute Gasteiger partial charge is 0.193 e. The largest absolute Gasteiger partial charge is 0.457 e. The molecule has 30 heavy (non-hydrogen) atoms. The summed E-state index contributed by atoms with van der Waals surface area (Å²) in [6.07, 6.45) is 0. The summed E-state index contributed by atoms with van der Waals surface area (Å²) >= 11 is 0. The monoisotopic (exact) mass is 523 g/mol. The van der Waals surface area contributed by atoms with Crippen LogP contribution in [-0.2, 0) is 0 Å².